The van der Waals surface area contributed by atoms with Crippen molar-refractivity contribution < 1.29 is 14.7 Å². The topological polar surface area (TPSA) is 91.3 Å². The Kier molecular flexibility index (Phi) is 6.18. The maximum absolute atomic E-state index is 12.6. The van der Waals surface area contributed by atoms with Crippen LogP contribution in [0.5, 0.6) is 0 Å². The number of benzene rings is 1. The van der Waals surface area contributed by atoms with Crippen molar-refractivity contribution >= 4 is 40.4 Å². The molecular formula is C21H24ClN3O3S. The highest BCUT2D eigenvalue weighted by Crippen LogP contribution is 2.34. The van der Waals surface area contributed by atoms with Crippen LogP contribution >= 0.6 is 22.9 Å². The lowest BCUT2D eigenvalue weighted by molar-refractivity contribution is 0.0717. The summed E-state index contributed by atoms with van der Waals surface area (Å²) < 4.78 is 0. The largest absolute Gasteiger partial charge is 0.391 e. The number of aromatic nitrogens is 1. The Morgan fingerprint density at radius 2 is 1.97 bits per heavy atom. The molecule has 2 aromatic rings. The van der Waals surface area contributed by atoms with Gasteiger partial charge in [-0.15, -0.1) is 11.3 Å². The minimum Gasteiger partial charge on any atom is -0.391 e. The van der Waals surface area contributed by atoms with E-state index < -0.39 is 6.10 Å². The lowest BCUT2D eigenvalue weighted by atomic mass is 9.92. The fraction of sp³-hybridized carbons (Fsp3) is 0.476. The van der Waals surface area contributed by atoms with Gasteiger partial charge in [0.15, 0.2) is 0 Å². The highest BCUT2D eigenvalue weighted by atomic mass is 35.5. The average molecular weight is 434 g/mol. The Hall–Kier alpha value is -1.96. The summed E-state index contributed by atoms with van der Waals surface area (Å²) in [6.07, 6.45) is 7.91. The lowest BCUT2D eigenvalue weighted by Crippen LogP contribution is -2.45. The molecule has 8 heteroatoms. The molecule has 2 fully saturated rings. The van der Waals surface area contributed by atoms with E-state index in [1.54, 1.807) is 24.4 Å². The molecule has 2 aliphatic rings. The molecule has 1 heterocycles. The molecule has 154 valence electrons. The molecule has 0 spiro atoms. The molecule has 29 heavy (non-hydrogen) atoms. The van der Waals surface area contributed by atoms with Crippen molar-refractivity contribution in [2.75, 3.05) is 5.32 Å². The smallest absolute Gasteiger partial charge is 0.267 e. The van der Waals surface area contributed by atoms with Crippen molar-refractivity contribution in [3.05, 3.63) is 44.9 Å². The van der Waals surface area contributed by atoms with Crippen LogP contribution in [0.25, 0.3) is 0 Å². The second kappa shape index (κ2) is 8.81. The molecule has 1 aromatic heterocycles. The summed E-state index contributed by atoms with van der Waals surface area (Å²) >= 11 is 7.63. The van der Waals surface area contributed by atoms with Crippen LogP contribution in [-0.4, -0.2) is 34.1 Å². The van der Waals surface area contributed by atoms with Gasteiger partial charge in [-0.05, 0) is 49.8 Å². The molecule has 3 N–H and O–H groups in total. The number of amides is 2. The first-order valence-electron chi connectivity index (χ1n) is 10.0. The third kappa shape index (κ3) is 5.15. The maximum Gasteiger partial charge on any atom is 0.267 e. The van der Waals surface area contributed by atoms with Gasteiger partial charge in [-0.2, -0.15) is 0 Å². The van der Waals surface area contributed by atoms with Gasteiger partial charge in [0.1, 0.15) is 4.88 Å². The number of carbonyl (C=O) groups is 2. The van der Waals surface area contributed by atoms with Gasteiger partial charge < -0.3 is 15.7 Å². The van der Waals surface area contributed by atoms with Crippen LogP contribution < -0.4 is 10.6 Å². The van der Waals surface area contributed by atoms with Crippen molar-refractivity contribution in [3.8, 4) is 0 Å². The lowest BCUT2D eigenvalue weighted by Gasteiger charge is -2.28. The fourth-order valence-corrected chi connectivity index (χ4v) is 4.65. The molecule has 4 rings (SSSR count). The Morgan fingerprint density at radius 1 is 1.17 bits per heavy atom. The van der Waals surface area contributed by atoms with E-state index >= 15 is 0 Å². The van der Waals surface area contributed by atoms with Crippen LogP contribution in [0.4, 0.5) is 5.69 Å². The van der Waals surface area contributed by atoms with Gasteiger partial charge in [-0.25, -0.2) is 4.98 Å². The van der Waals surface area contributed by atoms with Gasteiger partial charge in [-0.1, -0.05) is 24.4 Å². The predicted molar refractivity (Wildman–Crippen MR) is 114 cm³/mol. The second-order valence-electron chi connectivity index (χ2n) is 7.85. The average Bonchev–Trinajstić information content (AvgIpc) is 3.39. The molecule has 0 bridgehead atoms. The highest BCUT2D eigenvalue weighted by molar-refractivity contribution is 7.13. The molecule has 0 saturated heterocycles. The van der Waals surface area contributed by atoms with Gasteiger partial charge in [-0.3, -0.25) is 9.59 Å². The third-order valence-electron chi connectivity index (χ3n) is 5.46. The zero-order valence-corrected chi connectivity index (χ0v) is 17.6. The number of nitrogens with one attached hydrogen (secondary N) is 2. The van der Waals surface area contributed by atoms with Crippen LogP contribution in [-0.2, 0) is 6.42 Å². The van der Waals surface area contributed by atoms with E-state index in [-0.39, 0.29) is 17.9 Å². The maximum atomic E-state index is 12.6. The molecule has 2 amide bonds. The van der Waals surface area contributed by atoms with E-state index in [0.717, 1.165) is 30.7 Å². The zero-order valence-electron chi connectivity index (χ0n) is 16.0. The minimum absolute atomic E-state index is 0.243. The number of anilines is 1. The number of hydrogen-bond donors (Lipinski definition) is 3. The van der Waals surface area contributed by atoms with Gasteiger partial charge in [0.25, 0.3) is 11.8 Å². The summed E-state index contributed by atoms with van der Waals surface area (Å²) in [5.41, 5.74) is 0.770. The molecule has 2 atom stereocenters. The normalized spacial score (nSPS) is 21.6. The quantitative estimate of drug-likeness (QED) is 0.641. The highest BCUT2D eigenvalue weighted by Gasteiger charge is 2.26. The zero-order chi connectivity index (χ0) is 20.4. The van der Waals surface area contributed by atoms with E-state index in [1.165, 1.54) is 24.2 Å². The summed E-state index contributed by atoms with van der Waals surface area (Å²) in [7, 11) is 0. The standard InChI is InChI=1S/C21H24ClN3O3S/c22-14-8-7-13(20(27)24-15-3-1-2-4-17(15)26)10-16(14)25-21(28)18-11-23-19(29-18)9-12-5-6-12/h7-8,10-12,15,17,26H,1-6,9H2,(H,24,27)(H,25,28)/t15-,17-/m0/s1. The Bertz CT molecular complexity index is 912. The van der Waals surface area contributed by atoms with Gasteiger partial charge in [0.2, 0.25) is 0 Å². The van der Waals surface area contributed by atoms with Gasteiger partial charge in [0.05, 0.1) is 34.1 Å². The molecular weight excluding hydrogens is 410 g/mol. The first-order chi connectivity index (χ1) is 14.0. The Balaban J connectivity index is 1.42. The second-order valence-corrected chi connectivity index (χ2v) is 9.37. The number of nitrogens with zero attached hydrogens (tertiary/aromatic N) is 1. The summed E-state index contributed by atoms with van der Waals surface area (Å²) in [6, 6.07) is 4.53. The number of carbonyl (C=O) groups excluding carboxylic acids is 2. The molecule has 2 aliphatic carbocycles. The number of rotatable bonds is 6. The monoisotopic (exact) mass is 433 g/mol. The van der Waals surface area contributed by atoms with Crippen LogP contribution in [0.3, 0.4) is 0 Å². The number of thiazole rings is 1. The first kappa shape index (κ1) is 20.3. The predicted octanol–water partition coefficient (Wildman–Crippen LogP) is 4.03. The van der Waals surface area contributed by atoms with E-state index in [1.807, 2.05) is 0 Å². The fourth-order valence-electron chi connectivity index (χ4n) is 3.56. The molecule has 0 aliphatic heterocycles. The SMILES string of the molecule is O=C(N[C@H]1CCCC[C@@H]1O)c1ccc(Cl)c(NC(=O)c2cnc(CC3CC3)s2)c1. The summed E-state index contributed by atoms with van der Waals surface area (Å²) in [6.45, 7) is 0. The van der Waals surface area contributed by atoms with Crippen LogP contribution in [0, 0.1) is 5.92 Å². The first-order valence-corrected chi connectivity index (χ1v) is 11.2. The van der Waals surface area contributed by atoms with Gasteiger partial charge >= 0.3 is 0 Å². The van der Waals surface area contributed by atoms with Crippen molar-refractivity contribution in [2.45, 2.75) is 57.1 Å². The summed E-state index contributed by atoms with van der Waals surface area (Å²) in [5.74, 6) is 0.142. The van der Waals surface area contributed by atoms with Crippen LogP contribution in [0.1, 0.15) is 63.6 Å². The van der Waals surface area contributed by atoms with E-state index in [2.05, 4.69) is 15.6 Å². The summed E-state index contributed by atoms with van der Waals surface area (Å²) in [4.78, 5) is 30.1. The van der Waals surface area contributed by atoms with E-state index in [0.29, 0.717) is 33.5 Å². The van der Waals surface area contributed by atoms with E-state index in [9.17, 15) is 14.7 Å². The Morgan fingerprint density at radius 3 is 2.72 bits per heavy atom. The van der Waals surface area contributed by atoms with E-state index in [4.69, 9.17) is 11.6 Å². The molecule has 1 aromatic carbocycles. The molecule has 0 unspecified atom stereocenters. The van der Waals surface area contributed by atoms with Crippen molar-refractivity contribution in [1.29, 1.82) is 0 Å². The van der Waals surface area contributed by atoms with Gasteiger partial charge in [0, 0.05) is 12.0 Å². The van der Waals surface area contributed by atoms with Crippen molar-refractivity contribution in [3.63, 3.8) is 0 Å². The molecule has 2 saturated carbocycles. The Labute approximate surface area is 178 Å². The third-order valence-corrected chi connectivity index (χ3v) is 6.81. The minimum atomic E-state index is -0.518. The van der Waals surface area contributed by atoms with Crippen molar-refractivity contribution in [2.24, 2.45) is 5.92 Å². The molecule has 0 radical (unpaired) electrons. The number of halogens is 1. The van der Waals surface area contributed by atoms with Crippen molar-refractivity contribution in [1.82, 2.24) is 10.3 Å². The number of aliphatic hydroxyl groups excluding tert-OH is 1. The summed E-state index contributed by atoms with van der Waals surface area (Å²) in [5, 5.41) is 17.1. The van der Waals surface area contributed by atoms with Crippen LogP contribution in [0.15, 0.2) is 24.4 Å². The number of hydrogen-bond acceptors (Lipinski definition) is 5. The number of aliphatic hydroxyl groups is 1. The van der Waals surface area contributed by atoms with Crippen LogP contribution in [0.2, 0.25) is 5.02 Å². The molecule has 6 nitrogen and oxygen atoms in total.